The molecule has 0 spiro atoms. The van der Waals surface area contributed by atoms with Crippen LogP contribution < -0.4 is 9.47 Å². The Bertz CT molecular complexity index is 534. The van der Waals surface area contributed by atoms with Crippen LogP contribution in [0.1, 0.15) is 0 Å². The summed E-state index contributed by atoms with van der Waals surface area (Å²) in [6.07, 6.45) is 1.56. The SMILES string of the molecule is COc1cccc(F)c1Oc1ncccc1Br. The maximum atomic E-state index is 13.6. The van der Waals surface area contributed by atoms with Crippen LogP contribution in [0.3, 0.4) is 0 Å². The summed E-state index contributed by atoms with van der Waals surface area (Å²) in [5, 5.41) is 0. The lowest BCUT2D eigenvalue weighted by Crippen LogP contribution is -1.95. The first kappa shape index (κ1) is 11.9. The van der Waals surface area contributed by atoms with Gasteiger partial charge in [-0.1, -0.05) is 6.07 Å². The summed E-state index contributed by atoms with van der Waals surface area (Å²) in [6, 6.07) is 7.98. The summed E-state index contributed by atoms with van der Waals surface area (Å²) in [4.78, 5) is 4.00. The number of hydrogen-bond acceptors (Lipinski definition) is 3. The van der Waals surface area contributed by atoms with Crippen LogP contribution in [0, 0.1) is 5.82 Å². The molecule has 1 heterocycles. The van der Waals surface area contributed by atoms with Gasteiger partial charge in [0.1, 0.15) is 0 Å². The molecule has 88 valence electrons. The number of aromatic nitrogens is 1. The van der Waals surface area contributed by atoms with Crippen molar-refractivity contribution >= 4 is 15.9 Å². The normalized spacial score (nSPS) is 10.1. The Kier molecular flexibility index (Phi) is 3.58. The molecule has 0 saturated heterocycles. The number of hydrogen-bond donors (Lipinski definition) is 0. The minimum Gasteiger partial charge on any atom is -0.493 e. The zero-order valence-electron chi connectivity index (χ0n) is 8.98. The molecule has 0 radical (unpaired) electrons. The molecular formula is C12H9BrFNO2. The molecule has 2 rings (SSSR count). The van der Waals surface area contributed by atoms with Gasteiger partial charge in [-0.2, -0.15) is 0 Å². The molecule has 1 aromatic heterocycles. The summed E-state index contributed by atoms with van der Waals surface area (Å²) in [5.74, 6) is 0.134. The average Bonchev–Trinajstić information content (AvgIpc) is 2.34. The van der Waals surface area contributed by atoms with Gasteiger partial charge in [-0.25, -0.2) is 9.37 Å². The number of ether oxygens (including phenoxy) is 2. The molecular weight excluding hydrogens is 289 g/mol. The molecule has 0 unspecified atom stereocenters. The van der Waals surface area contributed by atoms with E-state index in [0.717, 1.165) is 0 Å². The predicted octanol–water partition coefficient (Wildman–Crippen LogP) is 3.78. The summed E-state index contributed by atoms with van der Waals surface area (Å²) in [5.41, 5.74) is 0. The van der Waals surface area contributed by atoms with Gasteiger partial charge < -0.3 is 9.47 Å². The van der Waals surface area contributed by atoms with Crippen LogP contribution in [0.4, 0.5) is 4.39 Å². The Morgan fingerprint density at radius 2 is 2.06 bits per heavy atom. The van der Waals surface area contributed by atoms with Gasteiger partial charge in [0.05, 0.1) is 11.6 Å². The first-order chi connectivity index (χ1) is 8.22. The maximum absolute atomic E-state index is 13.6. The van der Waals surface area contributed by atoms with Gasteiger partial charge >= 0.3 is 0 Å². The van der Waals surface area contributed by atoms with E-state index < -0.39 is 5.82 Å². The fourth-order valence-electron chi connectivity index (χ4n) is 1.29. The third-order valence-corrected chi connectivity index (χ3v) is 2.68. The molecule has 0 N–H and O–H groups in total. The molecule has 0 amide bonds. The molecule has 0 aliphatic heterocycles. The zero-order chi connectivity index (χ0) is 12.3. The van der Waals surface area contributed by atoms with Crippen molar-refractivity contribution in [1.82, 2.24) is 4.98 Å². The number of rotatable bonds is 3. The Morgan fingerprint density at radius 1 is 1.24 bits per heavy atom. The van der Waals surface area contributed by atoms with E-state index in [0.29, 0.717) is 10.2 Å². The molecule has 5 heteroatoms. The Hall–Kier alpha value is -1.62. The van der Waals surface area contributed by atoms with Crippen molar-refractivity contribution in [3.05, 3.63) is 46.8 Å². The van der Waals surface area contributed by atoms with Crippen LogP contribution in [0.25, 0.3) is 0 Å². The Labute approximate surface area is 106 Å². The van der Waals surface area contributed by atoms with E-state index in [9.17, 15) is 4.39 Å². The summed E-state index contributed by atoms with van der Waals surface area (Å²) in [7, 11) is 1.45. The standard InChI is InChI=1S/C12H9BrFNO2/c1-16-10-6-2-5-9(14)11(10)17-12-8(13)4-3-7-15-12/h2-7H,1H3. The smallest absolute Gasteiger partial charge is 0.233 e. The van der Waals surface area contributed by atoms with E-state index in [2.05, 4.69) is 20.9 Å². The minimum atomic E-state index is -0.498. The minimum absolute atomic E-state index is 0.0226. The zero-order valence-corrected chi connectivity index (χ0v) is 10.6. The predicted molar refractivity (Wildman–Crippen MR) is 65.0 cm³/mol. The van der Waals surface area contributed by atoms with Crippen molar-refractivity contribution in [2.24, 2.45) is 0 Å². The number of halogens is 2. The number of nitrogens with zero attached hydrogens (tertiary/aromatic N) is 1. The highest BCUT2D eigenvalue weighted by atomic mass is 79.9. The van der Waals surface area contributed by atoms with Crippen molar-refractivity contribution in [2.45, 2.75) is 0 Å². The van der Waals surface area contributed by atoms with Gasteiger partial charge in [0.2, 0.25) is 11.6 Å². The van der Waals surface area contributed by atoms with Gasteiger partial charge in [-0.3, -0.25) is 0 Å². The number of para-hydroxylation sites is 1. The fraction of sp³-hybridized carbons (Fsp3) is 0.0833. The van der Waals surface area contributed by atoms with E-state index in [1.165, 1.54) is 13.2 Å². The third-order valence-electron chi connectivity index (χ3n) is 2.07. The second-order valence-electron chi connectivity index (χ2n) is 3.16. The summed E-state index contributed by atoms with van der Waals surface area (Å²) in [6.45, 7) is 0. The lowest BCUT2D eigenvalue weighted by molar-refractivity contribution is 0.358. The van der Waals surface area contributed by atoms with Gasteiger partial charge in [-0.05, 0) is 40.2 Å². The molecule has 2 aromatic rings. The molecule has 0 bridgehead atoms. The number of benzene rings is 1. The molecule has 3 nitrogen and oxygen atoms in total. The van der Waals surface area contributed by atoms with E-state index in [-0.39, 0.29) is 11.6 Å². The molecule has 0 fully saturated rings. The molecule has 0 atom stereocenters. The van der Waals surface area contributed by atoms with Crippen LogP contribution in [0.15, 0.2) is 41.0 Å². The average molecular weight is 298 g/mol. The Morgan fingerprint density at radius 3 is 2.76 bits per heavy atom. The van der Waals surface area contributed by atoms with Gasteiger partial charge in [-0.15, -0.1) is 0 Å². The molecule has 0 aliphatic rings. The number of pyridine rings is 1. The van der Waals surface area contributed by atoms with Crippen molar-refractivity contribution in [3.63, 3.8) is 0 Å². The lowest BCUT2D eigenvalue weighted by atomic mass is 10.3. The van der Waals surface area contributed by atoms with Crippen LogP contribution in [0.2, 0.25) is 0 Å². The van der Waals surface area contributed by atoms with Gasteiger partial charge in [0.25, 0.3) is 0 Å². The summed E-state index contributed by atoms with van der Waals surface area (Å²) >= 11 is 3.27. The lowest BCUT2D eigenvalue weighted by Gasteiger charge is -2.10. The van der Waals surface area contributed by atoms with E-state index in [1.807, 2.05) is 0 Å². The van der Waals surface area contributed by atoms with Crippen molar-refractivity contribution in [2.75, 3.05) is 7.11 Å². The van der Waals surface area contributed by atoms with E-state index in [4.69, 9.17) is 9.47 Å². The highest BCUT2D eigenvalue weighted by Crippen LogP contribution is 2.35. The van der Waals surface area contributed by atoms with Crippen LogP contribution in [-0.4, -0.2) is 12.1 Å². The van der Waals surface area contributed by atoms with Crippen molar-refractivity contribution < 1.29 is 13.9 Å². The number of methoxy groups -OCH3 is 1. The highest BCUT2D eigenvalue weighted by Gasteiger charge is 2.13. The second kappa shape index (κ2) is 5.14. The van der Waals surface area contributed by atoms with Gasteiger partial charge in [0, 0.05) is 6.20 Å². The van der Waals surface area contributed by atoms with Gasteiger partial charge in [0.15, 0.2) is 11.6 Å². The van der Waals surface area contributed by atoms with Crippen LogP contribution in [-0.2, 0) is 0 Å². The topological polar surface area (TPSA) is 31.4 Å². The summed E-state index contributed by atoms with van der Waals surface area (Å²) < 4.78 is 24.7. The first-order valence-corrected chi connectivity index (χ1v) is 5.62. The molecule has 17 heavy (non-hydrogen) atoms. The van der Waals surface area contributed by atoms with Crippen LogP contribution >= 0.6 is 15.9 Å². The first-order valence-electron chi connectivity index (χ1n) is 4.83. The Balaban J connectivity index is 2.39. The third kappa shape index (κ3) is 2.55. The van der Waals surface area contributed by atoms with Crippen LogP contribution in [0.5, 0.6) is 17.4 Å². The van der Waals surface area contributed by atoms with Crippen molar-refractivity contribution in [3.8, 4) is 17.4 Å². The largest absolute Gasteiger partial charge is 0.493 e. The van der Waals surface area contributed by atoms with E-state index >= 15 is 0 Å². The second-order valence-corrected chi connectivity index (χ2v) is 4.02. The fourth-order valence-corrected chi connectivity index (χ4v) is 1.63. The van der Waals surface area contributed by atoms with Crippen molar-refractivity contribution in [1.29, 1.82) is 0 Å². The van der Waals surface area contributed by atoms with E-state index in [1.54, 1.807) is 30.5 Å². The molecule has 1 aromatic carbocycles. The highest BCUT2D eigenvalue weighted by molar-refractivity contribution is 9.10. The molecule has 0 aliphatic carbocycles. The monoisotopic (exact) mass is 297 g/mol. The molecule has 0 saturated carbocycles. The maximum Gasteiger partial charge on any atom is 0.233 e. The quantitative estimate of drug-likeness (QED) is 0.864.